The van der Waals surface area contributed by atoms with Crippen LogP contribution >= 0.6 is 0 Å². The highest BCUT2D eigenvalue weighted by atomic mass is 16.3. The zero-order chi connectivity index (χ0) is 51.6. The van der Waals surface area contributed by atoms with E-state index in [-0.39, 0.29) is 5.56 Å². The van der Waals surface area contributed by atoms with E-state index in [0.29, 0.717) is 5.39 Å². The zero-order valence-corrected chi connectivity index (χ0v) is 42.0. The number of hydrogen-bond acceptors (Lipinski definition) is 3. The van der Waals surface area contributed by atoms with Gasteiger partial charge in [0.15, 0.2) is 18.6 Å². The van der Waals surface area contributed by atoms with Gasteiger partial charge in [-0.2, -0.15) is 4.57 Å². The van der Waals surface area contributed by atoms with Gasteiger partial charge < -0.3 is 9.67 Å². The maximum atomic E-state index is 14.8. The lowest BCUT2D eigenvalue weighted by Gasteiger charge is -2.24. The minimum atomic E-state index is -0.829. The van der Waals surface area contributed by atoms with Crippen molar-refractivity contribution in [3.63, 3.8) is 0 Å². The van der Waals surface area contributed by atoms with Crippen LogP contribution in [0, 0.1) is 0 Å². The van der Waals surface area contributed by atoms with Crippen molar-refractivity contribution < 1.29 is 9.67 Å². The number of aliphatic hydroxyl groups is 1. The van der Waals surface area contributed by atoms with Crippen molar-refractivity contribution >= 4 is 59.8 Å². The first-order valence-electron chi connectivity index (χ1n) is 26.4. The van der Waals surface area contributed by atoms with Crippen molar-refractivity contribution in [2.45, 2.75) is 6.23 Å². The number of benzene rings is 10. The second-order valence-corrected chi connectivity index (χ2v) is 20.6. The van der Waals surface area contributed by atoms with Crippen molar-refractivity contribution in [2.75, 3.05) is 0 Å². The molecule has 0 fully saturated rings. The van der Waals surface area contributed by atoms with Crippen LogP contribution in [0.4, 0.5) is 0 Å². The van der Waals surface area contributed by atoms with Gasteiger partial charge in [0.05, 0.1) is 27.8 Å². The van der Waals surface area contributed by atoms with Gasteiger partial charge in [0, 0.05) is 67.8 Å². The Morgan fingerprint density at radius 3 is 1.58 bits per heavy atom. The average Bonchev–Trinajstić information content (AvgIpc) is 4.26. The Bertz CT molecular complexity index is 5020. The molecule has 6 heterocycles. The molecule has 0 aliphatic carbocycles. The number of aromatic nitrogens is 4. The Labute approximate surface area is 448 Å². The quantitative estimate of drug-likeness (QED) is 0.128. The van der Waals surface area contributed by atoms with E-state index < -0.39 is 6.23 Å². The highest BCUT2D eigenvalue weighted by molar-refractivity contribution is 6.20. The summed E-state index contributed by atoms with van der Waals surface area (Å²) in [6.07, 6.45) is 5.13. The molecule has 0 bridgehead atoms. The molecule has 10 aromatic carbocycles. The van der Waals surface area contributed by atoms with Gasteiger partial charge in [0.1, 0.15) is 5.39 Å². The summed E-state index contributed by atoms with van der Waals surface area (Å²) in [5.41, 5.74) is 20.7. The van der Waals surface area contributed by atoms with Gasteiger partial charge in [0.25, 0.3) is 5.56 Å². The molecule has 15 aromatic rings. The molecule has 0 radical (unpaired) electrons. The maximum absolute atomic E-state index is 14.8. The third-order valence-corrected chi connectivity index (χ3v) is 16.3. The minimum absolute atomic E-state index is 0.0322. The summed E-state index contributed by atoms with van der Waals surface area (Å²) in [5.74, 6) is 0. The molecule has 6 heteroatoms. The topological polar surface area (TPSA) is 63.4 Å². The Kier molecular flexibility index (Phi) is 9.68. The molecule has 0 saturated carbocycles. The van der Waals surface area contributed by atoms with Crippen LogP contribution in [-0.4, -0.2) is 19.1 Å². The molecule has 5 aromatic heterocycles. The predicted octanol–water partition coefficient (Wildman–Crippen LogP) is 16.5. The zero-order valence-electron chi connectivity index (χ0n) is 42.0. The number of rotatable bonds is 7. The third-order valence-electron chi connectivity index (χ3n) is 16.3. The SMILES string of the molecule is O=c1c2c[n+](-c3cccc(-c4cccc(-c5cc(-c6cccc(-c7ccccc7)c6)cc(-c6ccc7c(c6)c6ccnc8c6n7C(O)c6ccccc6-8)c5)c4)c3)ccc2c2cccc3c4cc(-c5ccccc5)ccc4n1c23. The van der Waals surface area contributed by atoms with E-state index in [1.807, 2.05) is 45.6 Å². The molecule has 0 spiro atoms. The van der Waals surface area contributed by atoms with Crippen LogP contribution in [0.25, 0.3) is 143 Å². The highest BCUT2D eigenvalue weighted by Gasteiger charge is 2.29. The first-order valence-corrected chi connectivity index (χ1v) is 26.4. The van der Waals surface area contributed by atoms with Crippen LogP contribution in [-0.2, 0) is 0 Å². The number of fused-ring (bicyclic) bond motifs is 10. The maximum Gasteiger partial charge on any atom is 0.269 e. The number of pyridine rings is 3. The second-order valence-electron chi connectivity index (χ2n) is 20.6. The van der Waals surface area contributed by atoms with Gasteiger partial charge in [-0.25, -0.2) is 0 Å². The van der Waals surface area contributed by atoms with Gasteiger partial charge in [-0.1, -0.05) is 164 Å². The van der Waals surface area contributed by atoms with Crippen LogP contribution in [0.3, 0.4) is 0 Å². The fourth-order valence-electron chi connectivity index (χ4n) is 12.6. The summed E-state index contributed by atoms with van der Waals surface area (Å²) in [6.45, 7) is 0. The van der Waals surface area contributed by atoms with E-state index in [9.17, 15) is 9.90 Å². The molecule has 78 heavy (non-hydrogen) atoms. The summed E-state index contributed by atoms with van der Waals surface area (Å²) in [7, 11) is 0. The van der Waals surface area contributed by atoms with E-state index in [4.69, 9.17) is 4.98 Å². The molecule has 6 nitrogen and oxygen atoms in total. The molecule has 364 valence electrons. The number of aliphatic hydroxyl groups excluding tert-OH is 1. The lowest BCUT2D eigenvalue weighted by atomic mass is 9.91. The summed E-state index contributed by atoms with van der Waals surface area (Å²) in [6, 6.07) is 85.7. The summed E-state index contributed by atoms with van der Waals surface area (Å²) >= 11 is 0. The Balaban J connectivity index is 0.805. The van der Waals surface area contributed by atoms with Crippen molar-refractivity contribution in [3.8, 4) is 83.7 Å². The van der Waals surface area contributed by atoms with E-state index in [0.717, 1.165) is 138 Å². The van der Waals surface area contributed by atoms with Gasteiger partial charge in [-0.3, -0.25) is 14.2 Å². The van der Waals surface area contributed by atoms with Gasteiger partial charge >= 0.3 is 0 Å². The molecule has 0 amide bonds. The van der Waals surface area contributed by atoms with E-state index in [2.05, 4.69) is 229 Å². The third kappa shape index (κ3) is 6.77. The van der Waals surface area contributed by atoms with Crippen molar-refractivity contribution in [1.82, 2.24) is 14.0 Å². The molecular weight excluding hydrogens is 953 g/mol. The minimum Gasteiger partial charge on any atom is -0.369 e. The fraction of sp³-hybridized carbons (Fsp3) is 0.0139. The van der Waals surface area contributed by atoms with Crippen molar-refractivity contribution in [1.29, 1.82) is 0 Å². The van der Waals surface area contributed by atoms with Crippen LogP contribution in [0.1, 0.15) is 11.8 Å². The molecule has 1 aliphatic heterocycles. The molecule has 1 N–H and O–H groups in total. The first-order chi connectivity index (χ1) is 38.5. The molecule has 16 rings (SSSR count). The number of nitrogens with zero attached hydrogens (tertiary/aromatic N) is 4. The number of para-hydroxylation sites is 1. The van der Waals surface area contributed by atoms with Crippen LogP contribution in [0.2, 0.25) is 0 Å². The Morgan fingerprint density at radius 2 is 0.885 bits per heavy atom. The largest absolute Gasteiger partial charge is 0.369 e. The standard InChI is InChI=1S/C72H45N4O2/c77-71-62-24-8-7-23-58(62)68-70-61(31-33-73-68)64-42-52(28-30-67(64)76(70)71)55-38-53(48-19-9-17-46(35-48)44-13-3-1-4-14-44)37-54(39-55)49-20-10-18-47(36-49)50-21-11-22-56(40-50)74-34-32-57-59-25-12-26-60-63-41-51(45-15-5-2-6-16-45)27-29-66(63)75(69(59)60)72(78)65(57)43-74/h1-43,71,77H/q+1. The van der Waals surface area contributed by atoms with E-state index in [1.54, 1.807) is 0 Å². The molecular formula is C72H45N4O2+. The van der Waals surface area contributed by atoms with Crippen LogP contribution in [0.15, 0.2) is 266 Å². The summed E-state index contributed by atoms with van der Waals surface area (Å²) in [4.78, 5) is 19.7. The molecule has 1 unspecified atom stereocenters. The second kappa shape index (κ2) is 17.1. The van der Waals surface area contributed by atoms with E-state index >= 15 is 0 Å². The first kappa shape index (κ1) is 44.1. The Morgan fingerprint density at radius 1 is 0.385 bits per heavy atom. The van der Waals surface area contributed by atoms with E-state index in [1.165, 1.54) is 5.56 Å². The lowest BCUT2D eigenvalue weighted by Crippen LogP contribution is -2.31. The lowest BCUT2D eigenvalue weighted by molar-refractivity contribution is -0.594. The van der Waals surface area contributed by atoms with Gasteiger partial charge in [-0.05, 0) is 127 Å². The highest BCUT2D eigenvalue weighted by Crippen LogP contribution is 2.46. The van der Waals surface area contributed by atoms with Gasteiger partial charge in [0.2, 0.25) is 5.69 Å². The predicted molar refractivity (Wildman–Crippen MR) is 318 cm³/mol. The van der Waals surface area contributed by atoms with Crippen LogP contribution < -0.4 is 10.1 Å². The molecule has 1 atom stereocenters. The normalized spacial score (nSPS) is 13.1. The van der Waals surface area contributed by atoms with Crippen LogP contribution in [0.5, 0.6) is 0 Å². The van der Waals surface area contributed by atoms with Gasteiger partial charge in [-0.15, -0.1) is 0 Å². The summed E-state index contributed by atoms with van der Waals surface area (Å²) < 4.78 is 6.03. The monoisotopic (exact) mass is 997 g/mol. The number of hydrogen-bond donors (Lipinski definition) is 1. The molecule has 0 saturated heterocycles. The smallest absolute Gasteiger partial charge is 0.269 e. The average molecular weight is 998 g/mol. The fourth-order valence-corrected chi connectivity index (χ4v) is 12.6. The molecule has 1 aliphatic rings. The Hall–Kier alpha value is -10.3. The summed E-state index contributed by atoms with van der Waals surface area (Å²) in [5, 5.41) is 18.8. The van der Waals surface area contributed by atoms with Crippen molar-refractivity contribution in [2.24, 2.45) is 0 Å². The van der Waals surface area contributed by atoms with Crippen molar-refractivity contribution in [3.05, 3.63) is 277 Å².